The molecule has 0 saturated heterocycles. The number of hydrogen-bond acceptors (Lipinski definition) is 2. The molecule has 0 saturated carbocycles. The minimum absolute atomic E-state index is 0.567. The lowest BCUT2D eigenvalue weighted by atomic mass is 10.2. The molecule has 0 unspecified atom stereocenters. The van der Waals surface area contributed by atoms with Gasteiger partial charge < -0.3 is 4.57 Å². The van der Waals surface area contributed by atoms with Crippen molar-refractivity contribution in [3.63, 3.8) is 0 Å². The van der Waals surface area contributed by atoms with Gasteiger partial charge in [0, 0.05) is 18.5 Å². The van der Waals surface area contributed by atoms with Crippen LogP contribution in [-0.4, -0.2) is 20.4 Å². The zero-order chi connectivity index (χ0) is 13.9. The number of rotatable bonds is 4. The molecule has 4 heteroatoms. The number of imidazole rings is 1. The Balaban J connectivity index is 2.12. The predicted octanol–water partition coefficient (Wildman–Crippen LogP) is 3.57. The zero-order valence-corrected chi connectivity index (χ0v) is 12.1. The van der Waals surface area contributed by atoms with Crippen LogP contribution in [0, 0.1) is 6.92 Å². The molecule has 102 valence electrons. The fourth-order valence-electron chi connectivity index (χ4n) is 2.39. The van der Waals surface area contributed by atoms with Gasteiger partial charge in [-0.3, -0.25) is 0 Å². The largest absolute Gasteiger partial charge is 0.308 e. The Labute approximate surface area is 123 Å². The van der Waals surface area contributed by atoms with Crippen LogP contribution in [0.1, 0.15) is 17.0 Å². The summed E-state index contributed by atoms with van der Waals surface area (Å²) in [5.41, 5.74) is 4.31. The van der Waals surface area contributed by atoms with Crippen molar-refractivity contribution in [1.82, 2.24) is 14.5 Å². The molecule has 3 aromatic rings. The quantitative estimate of drug-likeness (QED) is 0.686. The first-order valence-electron chi connectivity index (χ1n) is 6.70. The molecule has 3 nitrogen and oxygen atoms in total. The van der Waals surface area contributed by atoms with Gasteiger partial charge >= 0.3 is 0 Å². The molecule has 3 rings (SSSR count). The van der Waals surface area contributed by atoms with Gasteiger partial charge in [0.25, 0.3) is 0 Å². The fraction of sp³-hybridized carbons (Fsp3) is 0.250. The number of aryl methyl sites for hydroxylation is 2. The number of alkyl halides is 1. The van der Waals surface area contributed by atoms with Crippen LogP contribution in [0.15, 0.2) is 42.6 Å². The summed E-state index contributed by atoms with van der Waals surface area (Å²) in [7, 11) is 0. The molecule has 0 aliphatic carbocycles. The molecule has 0 aliphatic heterocycles. The zero-order valence-electron chi connectivity index (χ0n) is 11.4. The summed E-state index contributed by atoms with van der Waals surface area (Å²) in [5, 5.41) is 0. The summed E-state index contributed by atoms with van der Waals surface area (Å²) < 4.78 is 2.17. The van der Waals surface area contributed by atoms with Gasteiger partial charge in [0.15, 0.2) is 5.65 Å². The van der Waals surface area contributed by atoms with Crippen molar-refractivity contribution in [2.45, 2.75) is 19.9 Å². The van der Waals surface area contributed by atoms with E-state index in [2.05, 4.69) is 28.6 Å². The summed E-state index contributed by atoms with van der Waals surface area (Å²) >= 11 is 5.90. The number of benzene rings is 1. The Morgan fingerprint density at radius 1 is 1.15 bits per heavy atom. The highest BCUT2D eigenvalue weighted by Crippen LogP contribution is 2.19. The number of pyridine rings is 1. The molecule has 1 aromatic carbocycles. The highest BCUT2D eigenvalue weighted by Gasteiger charge is 2.13. The van der Waals surface area contributed by atoms with Crippen molar-refractivity contribution < 1.29 is 0 Å². The summed E-state index contributed by atoms with van der Waals surface area (Å²) in [4.78, 5) is 9.21. The van der Waals surface area contributed by atoms with E-state index >= 15 is 0 Å². The molecule has 0 bridgehead atoms. The number of halogens is 1. The van der Waals surface area contributed by atoms with Gasteiger partial charge in [-0.05, 0) is 24.1 Å². The van der Waals surface area contributed by atoms with Crippen molar-refractivity contribution in [2.24, 2.45) is 0 Å². The smallest absolute Gasteiger partial charge is 0.160 e. The molecule has 0 radical (unpaired) electrons. The molecule has 20 heavy (non-hydrogen) atoms. The maximum Gasteiger partial charge on any atom is 0.160 e. The van der Waals surface area contributed by atoms with Crippen molar-refractivity contribution >= 4 is 22.8 Å². The van der Waals surface area contributed by atoms with E-state index in [1.165, 1.54) is 5.56 Å². The molecule has 0 aliphatic rings. The second kappa shape index (κ2) is 5.63. The van der Waals surface area contributed by atoms with E-state index < -0.39 is 0 Å². The molecule has 2 aromatic heterocycles. The first kappa shape index (κ1) is 13.1. The molecule has 0 spiro atoms. The Morgan fingerprint density at radius 2 is 1.95 bits per heavy atom. The normalized spacial score (nSPS) is 11.1. The lowest BCUT2D eigenvalue weighted by Crippen LogP contribution is -2.06. The van der Waals surface area contributed by atoms with Crippen LogP contribution in [-0.2, 0) is 13.0 Å². The molecule has 2 heterocycles. The minimum atomic E-state index is 0.567. The number of fused-ring (bicyclic) bond motifs is 1. The summed E-state index contributed by atoms with van der Waals surface area (Å²) in [6.45, 7) is 2.84. The Bertz CT molecular complexity index is 719. The topological polar surface area (TPSA) is 30.7 Å². The summed E-state index contributed by atoms with van der Waals surface area (Å²) in [6, 6.07) is 12.4. The monoisotopic (exact) mass is 285 g/mol. The third kappa shape index (κ3) is 2.41. The lowest BCUT2D eigenvalue weighted by Gasteiger charge is -2.08. The SMILES string of the molecule is Cc1ccnc2c1nc(CCCl)n2Cc1ccccc1. The van der Waals surface area contributed by atoms with Gasteiger partial charge in [-0.25, -0.2) is 9.97 Å². The standard InChI is InChI=1S/C16H16ClN3/c1-12-8-10-18-16-15(12)19-14(7-9-17)20(16)11-13-5-3-2-4-6-13/h2-6,8,10H,7,9,11H2,1H3. The van der Waals surface area contributed by atoms with Crippen molar-refractivity contribution in [2.75, 3.05) is 5.88 Å². The molecular formula is C16H16ClN3. The Morgan fingerprint density at radius 3 is 2.70 bits per heavy atom. The number of nitrogens with zero attached hydrogens (tertiary/aromatic N) is 3. The highest BCUT2D eigenvalue weighted by atomic mass is 35.5. The summed E-state index contributed by atoms with van der Waals surface area (Å²) in [5.74, 6) is 1.57. The van der Waals surface area contributed by atoms with Crippen LogP contribution < -0.4 is 0 Å². The van der Waals surface area contributed by atoms with Crippen molar-refractivity contribution in [3.05, 3.63) is 59.5 Å². The van der Waals surface area contributed by atoms with Crippen LogP contribution in [0.2, 0.25) is 0 Å². The summed E-state index contributed by atoms with van der Waals surface area (Å²) in [6.07, 6.45) is 2.59. The van der Waals surface area contributed by atoms with Crippen LogP contribution in [0.4, 0.5) is 0 Å². The van der Waals surface area contributed by atoms with Crippen molar-refractivity contribution in [3.8, 4) is 0 Å². The van der Waals surface area contributed by atoms with E-state index in [4.69, 9.17) is 16.6 Å². The van der Waals surface area contributed by atoms with Crippen LogP contribution in [0.25, 0.3) is 11.2 Å². The fourth-order valence-corrected chi connectivity index (χ4v) is 2.56. The molecule has 0 atom stereocenters. The second-order valence-corrected chi connectivity index (χ2v) is 5.22. The first-order valence-corrected chi connectivity index (χ1v) is 7.23. The second-order valence-electron chi connectivity index (χ2n) is 4.84. The third-order valence-corrected chi connectivity index (χ3v) is 3.61. The lowest BCUT2D eigenvalue weighted by molar-refractivity contribution is 0.747. The van der Waals surface area contributed by atoms with E-state index in [0.29, 0.717) is 5.88 Å². The minimum Gasteiger partial charge on any atom is -0.308 e. The van der Waals surface area contributed by atoms with Crippen molar-refractivity contribution in [1.29, 1.82) is 0 Å². The number of aromatic nitrogens is 3. The van der Waals surface area contributed by atoms with E-state index in [1.807, 2.05) is 30.5 Å². The van der Waals surface area contributed by atoms with Gasteiger partial charge in [-0.2, -0.15) is 0 Å². The van der Waals surface area contributed by atoms with Crippen LogP contribution in [0.3, 0.4) is 0 Å². The van der Waals surface area contributed by atoms with Gasteiger partial charge in [-0.1, -0.05) is 30.3 Å². The average Bonchev–Trinajstić information content (AvgIpc) is 2.81. The molecule has 0 amide bonds. The number of hydrogen-bond donors (Lipinski definition) is 0. The Kier molecular flexibility index (Phi) is 3.70. The van der Waals surface area contributed by atoms with Gasteiger partial charge in [0.05, 0.1) is 6.54 Å². The van der Waals surface area contributed by atoms with E-state index in [0.717, 1.165) is 35.5 Å². The van der Waals surface area contributed by atoms with E-state index in [-0.39, 0.29) is 0 Å². The maximum absolute atomic E-state index is 5.90. The van der Waals surface area contributed by atoms with Gasteiger partial charge in [-0.15, -0.1) is 11.6 Å². The predicted molar refractivity (Wildman–Crippen MR) is 82.2 cm³/mol. The highest BCUT2D eigenvalue weighted by molar-refractivity contribution is 6.17. The molecule has 0 fully saturated rings. The molecule has 0 N–H and O–H groups in total. The first-order chi connectivity index (χ1) is 9.79. The van der Waals surface area contributed by atoms with E-state index in [9.17, 15) is 0 Å². The Hall–Kier alpha value is -1.87. The van der Waals surface area contributed by atoms with Crippen LogP contribution >= 0.6 is 11.6 Å². The average molecular weight is 286 g/mol. The van der Waals surface area contributed by atoms with Crippen LogP contribution in [0.5, 0.6) is 0 Å². The third-order valence-electron chi connectivity index (χ3n) is 3.42. The van der Waals surface area contributed by atoms with Gasteiger partial charge in [0.1, 0.15) is 11.3 Å². The molecular weight excluding hydrogens is 270 g/mol. The maximum atomic E-state index is 5.90. The van der Waals surface area contributed by atoms with Gasteiger partial charge in [0.2, 0.25) is 0 Å². The van der Waals surface area contributed by atoms with E-state index in [1.54, 1.807) is 0 Å².